The SMILES string of the molecule is CNc1cc(NC2CCOC2C)nc(C(F)(F)F)n1. The molecule has 0 radical (unpaired) electrons. The van der Waals surface area contributed by atoms with Gasteiger partial charge in [0.15, 0.2) is 0 Å². The van der Waals surface area contributed by atoms with Gasteiger partial charge in [0, 0.05) is 19.7 Å². The van der Waals surface area contributed by atoms with Gasteiger partial charge in [-0.25, -0.2) is 9.97 Å². The van der Waals surface area contributed by atoms with Crippen LogP contribution in [0.3, 0.4) is 0 Å². The molecule has 0 spiro atoms. The summed E-state index contributed by atoms with van der Waals surface area (Å²) in [6, 6.07) is 1.40. The predicted octanol–water partition coefficient (Wildman–Crippen LogP) is 2.13. The van der Waals surface area contributed by atoms with Gasteiger partial charge in [-0.15, -0.1) is 0 Å². The third-order valence-electron chi connectivity index (χ3n) is 2.95. The largest absolute Gasteiger partial charge is 0.451 e. The highest BCUT2D eigenvalue weighted by Crippen LogP contribution is 2.29. The first kappa shape index (κ1) is 13.9. The van der Waals surface area contributed by atoms with Crippen molar-refractivity contribution in [1.82, 2.24) is 9.97 Å². The van der Waals surface area contributed by atoms with Crippen LogP contribution < -0.4 is 10.6 Å². The first-order valence-corrected chi connectivity index (χ1v) is 5.92. The van der Waals surface area contributed by atoms with Crippen LogP contribution >= 0.6 is 0 Å². The predicted molar refractivity (Wildman–Crippen MR) is 64.0 cm³/mol. The van der Waals surface area contributed by atoms with Crippen molar-refractivity contribution in [2.75, 3.05) is 24.3 Å². The Morgan fingerprint density at radius 3 is 2.53 bits per heavy atom. The van der Waals surface area contributed by atoms with Gasteiger partial charge < -0.3 is 15.4 Å². The minimum absolute atomic E-state index is 0.0410. The first-order valence-electron chi connectivity index (χ1n) is 5.92. The van der Waals surface area contributed by atoms with E-state index in [2.05, 4.69) is 20.6 Å². The summed E-state index contributed by atoms with van der Waals surface area (Å²) in [6.45, 7) is 2.46. The van der Waals surface area contributed by atoms with Crippen molar-refractivity contribution in [2.45, 2.75) is 31.7 Å². The first-order chi connectivity index (χ1) is 8.90. The minimum atomic E-state index is -4.57. The van der Waals surface area contributed by atoms with E-state index in [0.717, 1.165) is 6.42 Å². The molecule has 1 aromatic heterocycles. The van der Waals surface area contributed by atoms with Crippen LogP contribution in [0.1, 0.15) is 19.2 Å². The van der Waals surface area contributed by atoms with Gasteiger partial charge in [0.05, 0.1) is 12.1 Å². The van der Waals surface area contributed by atoms with Crippen LogP contribution in [0.4, 0.5) is 24.8 Å². The maximum atomic E-state index is 12.7. The summed E-state index contributed by atoms with van der Waals surface area (Å²) in [4.78, 5) is 6.91. The van der Waals surface area contributed by atoms with Crippen molar-refractivity contribution < 1.29 is 17.9 Å². The molecule has 0 saturated carbocycles. The summed E-state index contributed by atoms with van der Waals surface area (Å²) < 4.78 is 43.4. The fourth-order valence-corrected chi connectivity index (χ4v) is 1.89. The summed E-state index contributed by atoms with van der Waals surface area (Å²) in [5, 5.41) is 5.56. The summed E-state index contributed by atoms with van der Waals surface area (Å²) in [7, 11) is 1.51. The van der Waals surface area contributed by atoms with E-state index in [4.69, 9.17) is 4.74 Å². The topological polar surface area (TPSA) is 59.1 Å². The highest BCUT2D eigenvalue weighted by molar-refractivity contribution is 5.48. The lowest BCUT2D eigenvalue weighted by Gasteiger charge is -2.18. The Hall–Kier alpha value is -1.57. The van der Waals surface area contributed by atoms with Crippen molar-refractivity contribution in [3.05, 3.63) is 11.9 Å². The molecule has 1 saturated heterocycles. The molecule has 0 aromatic carbocycles. The fourth-order valence-electron chi connectivity index (χ4n) is 1.89. The smallest absolute Gasteiger partial charge is 0.376 e. The summed E-state index contributed by atoms with van der Waals surface area (Å²) in [6.07, 6.45) is -3.88. The standard InChI is InChI=1S/C11H15F3N4O/c1-6-7(3-4-19-6)16-9-5-8(15-2)17-10(18-9)11(12,13)14/h5-7H,3-4H2,1-2H3,(H2,15,16,17,18). The monoisotopic (exact) mass is 276 g/mol. The van der Waals surface area contributed by atoms with Gasteiger partial charge in [0.2, 0.25) is 5.82 Å². The van der Waals surface area contributed by atoms with Crippen LogP contribution in [0.5, 0.6) is 0 Å². The number of aromatic nitrogens is 2. The van der Waals surface area contributed by atoms with Crippen molar-refractivity contribution in [1.29, 1.82) is 0 Å². The molecule has 2 heterocycles. The van der Waals surface area contributed by atoms with Gasteiger partial charge in [-0.05, 0) is 13.3 Å². The second-order valence-corrected chi connectivity index (χ2v) is 4.33. The van der Waals surface area contributed by atoms with Crippen LogP contribution in [0.2, 0.25) is 0 Å². The number of nitrogens with zero attached hydrogens (tertiary/aromatic N) is 2. The Bertz CT molecular complexity index is 452. The van der Waals surface area contributed by atoms with E-state index < -0.39 is 12.0 Å². The Balaban J connectivity index is 2.24. The van der Waals surface area contributed by atoms with Gasteiger partial charge in [0.25, 0.3) is 0 Å². The van der Waals surface area contributed by atoms with E-state index in [0.29, 0.717) is 6.61 Å². The average Bonchev–Trinajstić information content (AvgIpc) is 2.73. The molecular weight excluding hydrogens is 261 g/mol. The molecule has 19 heavy (non-hydrogen) atoms. The lowest BCUT2D eigenvalue weighted by atomic mass is 10.1. The number of alkyl halides is 3. The van der Waals surface area contributed by atoms with Gasteiger partial charge in [-0.2, -0.15) is 13.2 Å². The quantitative estimate of drug-likeness (QED) is 0.885. The maximum Gasteiger partial charge on any atom is 0.451 e. The Morgan fingerprint density at radius 1 is 1.32 bits per heavy atom. The number of anilines is 2. The molecule has 1 aliphatic rings. The Labute approximate surface area is 108 Å². The molecule has 2 unspecified atom stereocenters. The number of ether oxygens (including phenoxy) is 1. The molecule has 0 bridgehead atoms. The van der Waals surface area contributed by atoms with Crippen molar-refractivity contribution >= 4 is 11.6 Å². The van der Waals surface area contributed by atoms with E-state index in [1.54, 1.807) is 0 Å². The van der Waals surface area contributed by atoms with Crippen molar-refractivity contribution in [2.24, 2.45) is 0 Å². The van der Waals surface area contributed by atoms with Gasteiger partial charge in [-0.1, -0.05) is 0 Å². The van der Waals surface area contributed by atoms with Crippen LogP contribution in [-0.4, -0.2) is 35.8 Å². The molecule has 5 nitrogen and oxygen atoms in total. The lowest BCUT2D eigenvalue weighted by Crippen LogP contribution is -2.27. The number of nitrogens with one attached hydrogen (secondary N) is 2. The van der Waals surface area contributed by atoms with Crippen LogP contribution in [-0.2, 0) is 10.9 Å². The third-order valence-corrected chi connectivity index (χ3v) is 2.95. The van der Waals surface area contributed by atoms with E-state index in [1.165, 1.54) is 13.1 Å². The summed E-state index contributed by atoms with van der Waals surface area (Å²) in [5.74, 6) is -0.890. The number of rotatable bonds is 3. The van der Waals surface area contributed by atoms with Gasteiger partial charge in [0.1, 0.15) is 11.6 Å². The second-order valence-electron chi connectivity index (χ2n) is 4.33. The van der Waals surface area contributed by atoms with Crippen LogP contribution in [0, 0.1) is 0 Å². The number of halogens is 3. The third kappa shape index (κ3) is 3.25. The second kappa shape index (κ2) is 5.20. The maximum absolute atomic E-state index is 12.7. The zero-order chi connectivity index (χ0) is 14.0. The molecule has 106 valence electrons. The fraction of sp³-hybridized carbons (Fsp3) is 0.636. The van der Waals surface area contributed by atoms with Crippen LogP contribution in [0.15, 0.2) is 6.07 Å². The number of hydrogen-bond donors (Lipinski definition) is 2. The number of hydrogen-bond acceptors (Lipinski definition) is 5. The van der Waals surface area contributed by atoms with Crippen molar-refractivity contribution in [3.8, 4) is 0 Å². The molecule has 0 aliphatic carbocycles. The van der Waals surface area contributed by atoms with Gasteiger partial charge >= 0.3 is 6.18 Å². The van der Waals surface area contributed by atoms with E-state index >= 15 is 0 Å². The normalized spacial score (nSPS) is 23.4. The highest BCUT2D eigenvalue weighted by atomic mass is 19.4. The average molecular weight is 276 g/mol. The zero-order valence-electron chi connectivity index (χ0n) is 10.6. The molecule has 1 aromatic rings. The molecule has 1 aliphatic heterocycles. The molecule has 2 rings (SSSR count). The summed E-state index contributed by atoms with van der Waals surface area (Å²) in [5.41, 5.74) is 0. The molecule has 2 N–H and O–H groups in total. The molecular formula is C11H15F3N4O. The molecule has 1 fully saturated rings. The van der Waals surface area contributed by atoms with Crippen LogP contribution in [0.25, 0.3) is 0 Å². The highest BCUT2D eigenvalue weighted by Gasteiger charge is 2.36. The molecule has 8 heteroatoms. The summed E-state index contributed by atoms with van der Waals surface area (Å²) >= 11 is 0. The Morgan fingerprint density at radius 2 is 2.00 bits per heavy atom. The minimum Gasteiger partial charge on any atom is -0.376 e. The lowest BCUT2D eigenvalue weighted by molar-refractivity contribution is -0.144. The van der Waals surface area contributed by atoms with E-state index in [1.807, 2.05) is 6.92 Å². The van der Waals surface area contributed by atoms with E-state index in [9.17, 15) is 13.2 Å². The molecule has 0 amide bonds. The van der Waals surface area contributed by atoms with E-state index in [-0.39, 0.29) is 23.8 Å². The van der Waals surface area contributed by atoms with Gasteiger partial charge in [-0.3, -0.25) is 0 Å². The van der Waals surface area contributed by atoms with Crippen molar-refractivity contribution in [3.63, 3.8) is 0 Å². The zero-order valence-corrected chi connectivity index (χ0v) is 10.6. The Kier molecular flexibility index (Phi) is 3.79. The molecule has 2 atom stereocenters.